The lowest BCUT2D eigenvalue weighted by Gasteiger charge is -2.08. The van der Waals surface area contributed by atoms with Gasteiger partial charge in [0.15, 0.2) is 5.16 Å². The Morgan fingerprint density at radius 3 is 2.92 bits per heavy atom. The van der Waals surface area contributed by atoms with Crippen molar-refractivity contribution in [1.29, 1.82) is 0 Å². The van der Waals surface area contributed by atoms with Gasteiger partial charge in [-0.3, -0.25) is 14.7 Å². The van der Waals surface area contributed by atoms with Crippen LogP contribution in [0.1, 0.15) is 4.88 Å². The highest BCUT2D eigenvalue weighted by atomic mass is 32.2. The zero-order valence-electron chi connectivity index (χ0n) is 13.5. The number of hydrogen-bond acceptors (Lipinski definition) is 5. The van der Waals surface area contributed by atoms with Gasteiger partial charge in [-0.15, -0.1) is 11.3 Å². The molecule has 0 aliphatic heterocycles. The number of thioether (sulfide) groups is 1. The molecule has 26 heavy (non-hydrogen) atoms. The highest BCUT2D eigenvalue weighted by molar-refractivity contribution is 7.99. The SMILES string of the molecule is O=C(CSc1nccn1-c1cccc(F)c1)NC(=O)NCc1cccs1. The van der Waals surface area contributed by atoms with Crippen LogP contribution in [0.2, 0.25) is 0 Å². The first-order valence-corrected chi connectivity index (χ1v) is 9.50. The molecule has 3 aromatic rings. The summed E-state index contributed by atoms with van der Waals surface area (Å²) in [7, 11) is 0. The van der Waals surface area contributed by atoms with E-state index < -0.39 is 11.9 Å². The number of carbonyl (C=O) groups is 2. The Labute approximate surface area is 157 Å². The van der Waals surface area contributed by atoms with Crippen LogP contribution in [0.25, 0.3) is 5.69 Å². The molecular weight excluding hydrogens is 375 g/mol. The molecule has 3 rings (SSSR count). The van der Waals surface area contributed by atoms with Crippen LogP contribution >= 0.6 is 23.1 Å². The lowest BCUT2D eigenvalue weighted by molar-refractivity contribution is -0.117. The standard InChI is InChI=1S/C17H15FN4O2S2/c18-12-3-1-4-13(9-12)22-7-6-19-17(22)26-11-15(23)21-16(24)20-10-14-5-2-8-25-14/h1-9H,10-11H2,(H2,20,21,23,24). The smallest absolute Gasteiger partial charge is 0.321 e. The lowest BCUT2D eigenvalue weighted by Crippen LogP contribution is -2.39. The minimum absolute atomic E-state index is 0.0126. The van der Waals surface area contributed by atoms with E-state index in [1.165, 1.54) is 23.5 Å². The van der Waals surface area contributed by atoms with Crippen molar-refractivity contribution >= 4 is 35.0 Å². The molecule has 134 valence electrons. The molecule has 0 spiro atoms. The number of imide groups is 1. The Kier molecular flexibility index (Phi) is 6.03. The molecule has 2 heterocycles. The second-order valence-corrected chi connectivity index (χ2v) is 7.13. The Balaban J connectivity index is 1.50. The topological polar surface area (TPSA) is 76.0 Å². The Bertz CT molecular complexity index is 896. The fourth-order valence-electron chi connectivity index (χ4n) is 2.14. The molecule has 0 unspecified atom stereocenters. The summed E-state index contributed by atoms with van der Waals surface area (Å²) < 4.78 is 15.1. The maximum Gasteiger partial charge on any atom is 0.321 e. The summed E-state index contributed by atoms with van der Waals surface area (Å²) in [5, 5.41) is 7.34. The Hall–Kier alpha value is -2.65. The molecule has 2 aromatic heterocycles. The van der Waals surface area contributed by atoms with E-state index in [0.717, 1.165) is 16.6 Å². The van der Waals surface area contributed by atoms with E-state index in [1.54, 1.807) is 29.1 Å². The van der Waals surface area contributed by atoms with E-state index in [0.29, 0.717) is 17.4 Å². The van der Waals surface area contributed by atoms with Crippen molar-refractivity contribution in [3.8, 4) is 5.69 Å². The third-order valence-electron chi connectivity index (χ3n) is 3.28. The van der Waals surface area contributed by atoms with Crippen molar-refractivity contribution in [3.05, 3.63) is 64.9 Å². The van der Waals surface area contributed by atoms with Gasteiger partial charge in [0.1, 0.15) is 5.82 Å². The summed E-state index contributed by atoms with van der Waals surface area (Å²) in [6.07, 6.45) is 3.25. The van der Waals surface area contributed by atoms with Crippen LogP contribution in [0.3, 0.4) is 0 Å². The summed E-state index contributed by atoms with van der Waals surface area (Å²) >= 11 is 2.68. The van der Waals surface area contributed by atoms with Gasteiger partial charge in [-0.2, -0.15) is 0 Å². The monoisotopic (exact) mass is 390 g/mol. The van der Waals surface area contributed by atoms with Crippen LogP contribution in [0.4, 0.5) is 9.18 Å². The summed E-state index contributed by atoms with van der Waals surface area (Å²) in [6.45, 7) is 0.369. The van der Waals surface area contributed by atoms with Gasteiger partial charge in [0.2, 0.25) is 5.91 Å². The van der Waals surface area contributed by atoms with Crippen molar-refractivity contribution < 1.29 is 14.0 Å². The molecule has 0 aliphatic carbocycles. The summed E-state index contributed by atoms with van der Waals surface area (Å²) in [6, 6.07) is 9.32. The van der Waals surface area contributed by atoms with Gasteiger partial charge < -0.3 is 5.32 Å². The number of benzene rings is 1. The molecule has 9 heteroatoms. The average molecular weight is 390 g/mol. The van der Waals surface area contributed by atoms with E-state index >= 15 is 0 Å². The van der Waals surface area contributed by atoms with Crippen molar-refractivity contribution in [1.82, 2.24) is 20.2 Å². The number of nitrogens with zero attached hydrogens (tertiary/aromatic N) is 2. The molecule has 2 N–H and O–H groups in total. The number of hydrogen-bond donors (Lipinski definition) is 2. The maximum absolute atomic E-state index is 13.4. The number of halogens is 1. The normalized spacial score (nSPS) is 10.5. The molecular formula is C17H15FN4O2S2. The van der Waals surface area contributed by atoms with E-state index in [9.17, 15) is 14.0 Å². The van der Waals surface area contributed by atoms with Crippen LogP contribution in [-0.2, 0) is 11.3 Å². The van der Waals surface area contributed by atoms with Gasteiger partial charge in [-0.25, -0.2) is 14.2 Å². The largest absolute Gasteiger partial charge is 0.333 e. The molecule has 0 fully saturated rings. The minimum Gasteiger partial charge on any atom is -0.333 e. The molecule has 0 aliphatic rings. The lowest BCUT2D eigenvalue weighted by atomic mass is 10.3. The molecule has 1 aromatic carbocycles. The first kappa shape index (κ1) is 18.2. The molecule has 0 radical (unpaired) electrons. The van der Waals surface area contributed by atoms with Crippen molar-refractivity contribution in [2.45, 2.75) is 11.7 Å². The highest BCUT2D eigenvalue weighted by Crippen LogP contribution is 2.20. The number of rotatable bonds is 6. The third-order valence-corrected chi connectivity index (χ3v) is 5.12. The van der Waals surface area contributed by atoms with Crippen LogP contribution < -0.4 is 10.6 Å². The number of urea groups is 1. The molecule has 3 amide bonds. The number of nitrogens with one attached hydrogen (secondary N) is 2. The van der Waals surface area contributed by atoms with Crippen molar-refractivity contribution in [2.24, 2.45) is 0 Å². The van der Waals surface area contributed by atoms with E-state index in [2.05, 4.69) is 15.6 Å². The molecule has 0 atom stereocenters. The highest BCUT2D eigenvalue weighted by Gasteiger charge is 2.12. The van der Waals surface area contributed by atoms with Gasteiger partial charge in [-0.1, -0.05) is 23.9 Å². The number of aromatic nitrogens is 2. The molecule has 0 bridgehead atoms. The van der Waals surface area contributed by atoms with Gasteiger partial charge in [0, 0.05) is 17.3 Å². The van der Waals surface area contributed by atoms with Crippen molar-refractivity contribution in [3.63, 3.8) is 0 Å². The van der Waals surface area contributed by atoms with Crippen LogP contribution in [0.15, 0.2) is 59.3 Å². The first-order chi connectivity index (χ1) is 12.6. The number of thiophene rings is 1. The first-order valence-electron chi connectivity index (χ1n) is 7.64. The molecule has 0 saturated heterocycles. The number of imidazole rings is 1. The fourth-order valence-corrected chi connectivity index (χ4v) is 3.55. The maximum atomic E-state index is 13.4. The minimum atomic E-state index is -0.544. The zero-order chi connectivity index (χ0) is 18.4. The molecule has 6 nitrogen and oxygen atoms in total. The van der Waals surface area contributed by atoms with E-state index in [-0.39, 0.29) is 11.6 Å². The molecule has 0 saturated carbocycles. The predicted octanol–water partition coefficient (Wildman–Crippen LogP) is 3.19. The second-order valence-electron chi connectivity index (χ2n) is 5.16. The average Bonchev–Trinajstić information content (AvgIpc) is 3.30. The van der Waals surface area contributed by atoms with Gasteiger partial charge in [0.25, 0.3) is 0 Å². The van der Waals surface area contributed by atoms with E-state index in [1.807, 2.05) is 17.5 Å². The van der Waals surface area contributed by atoms with Crippen LogP contribution in [0.5, 0.6) is 0 Å². The Morgan fingerprint density at radius 2 is 2.15 bits per heavy atom. The van der Waals surface area contributed by atoms with Gasteiger partial charge in [0.05, 0.1) is 18.0 Å². The van der Waals surface area contributed by atoms with Gasteiger partial charge >= 0.3 is 6.03 Å². The Morgan fingerprint density at radius 1 is 1.27 bits per heavy atom. The number of amides is 3. The third kappa shape index (κ3) is 4.93. The summed E-state index contributed by atoms with van der Waals surface area (Å²) in [5.74, 6) is -0.779. The predicted molar refractivity (Wildman–Crippen MR) is 98.9 cm³/mol. The zero-order valence-corrected chi connectivity index (χ0v) is 15.1. The second kappa shape index (κ2) is 8.63. The van der Waals surface area contributed by atoms with Crippen LogP contribution in [0, 0.1) is 5.82 Å². The summed E-state index contributed by atoms with van der Waals surface area (Å²) in [4.78, 5) is 28.8. The summed E-state index contributed by atoms with van der Waals surface area (Å²) in [5.41, 5.74) is 0.610. The van der Waals surface area contributed by atoms with Crippen LogP contribution in [-0.4, -0.2) is 27.2 Å². The quantitative estimate of drug-likeness (QED) is 0.634. The van der Waals surface area contributed by atoms with Crippen molar-refractivity contribution in [2.75, 3.05) is 5.75 Å². The number of carbonyl (C=O) groups excluding carboxylic acids is 2. The van der Waals surface area contributed by atoms with Gasteiger partial charge in [-0.05, 0) is 29.6 Å². The fraction of sp³-hybridized carbons (Fsp3) is 0.118. The van der Waals surface area contributed by atoms with E-state index in [4.69, 9.17) is 0 Å².